The Balaban J connectivity index is 2.17. The normalized spacial score (nSPS) is 11.4. The van der Waals surface area contributed by atoms with Crippen LogP contribution in [0.15, 0.2) is 29.3 Å². The first-order valence-corrected chi connectivity index (χ1v) is 8.21. The van der Waals surface area contributed by atoms with Crippen molar-refractivity contribution in [3.05, 3.63) is 29.8 Å². The number of thioether (sulfide) groups is 1. The molecule has 1 aromatic heterocycles. The third-order valence-electron chi connectivity index (χ3n) is 3.10. The summed E-state index contributed by atoms with van der Waals surface area (Å²) in [6, 6.07) is 8.24. The summed E-state index contributed by atoms with van der Waals surface area (Å²) in [6.07, 6.45) is 1.78. The maximum absolute atomic E-state index is 12.3. The van der Waals surface area contributed by atoms with E-state index in [0.29, 0.717) is 16.4 Å². The van der Waals surface area contributed by atoms with Crippen LogP contribution in [-0.4, -0.2) is 28.2 Å². The molecule has 0 bridgehead atoms. The summed E-state index contributed by atoms with van der Waals surface area (Å²) in [5.74, 6) is -0.0405. The highest BCUT2D eigenvalue weighted by Gasteiger charge is 2.18. The van der Waals surface area contributed by atoms with E-state index in [1.807, 2.05) is 6.07 Å². The zero-order valence-corrected chi connectivity index (χ0v) is 14.0. The van der Waals surface area contributed by atoms with E-state index in [-0.39, 0.29) is 23.2 Å². The molecule has 0 radical (unpaired) electrons. The molecule has 0 spiro atoms. The molecule has 0 unspecified atom stereocenters. The molecule has 8 nitrogen and oxygen atoms in total. The molecule has 6 N–H and O–H groups in total. The maximum Gasteiger partial charge on any atom is 0.246 e. The summed E-state index contributed by atoms with van der Waals surface area (Å²) in [7, 11) is 0. The lowest BCUT2D eigenvalue weighted by Crippen LogP contribution is -2.32. The van der Waals surface area contributed by atoms with Crippen LogP contribution >= 0.6 is 11.8 Å². The first-order valence-electron chi connectivity index (χ1n) is 6.99. The molecule has 1 atom stereocenters. The zero-order valence-electron chi connectivity index (χ0n) is 13.2. The van der Waals surface area contributed by atoms with Crippen molar-refractivity contribution in [3.8, 4) is 6.07 Å². The Kier molecular flexibility index (Phi) is 5.44. The van der Waals surface area contributed by atoms with Gasteiger partial charge in [0.25, 0.3) is 0 Å². The smallest absolute Gasteiger partial charge is 0.246 e. The third kappa shape index (κ3) is 4.05. The van der Waals surface area contributed by atoms with Crippen molar-refractivity contribution in [3.63, 3.8) is 0 Å². The number of hydrogen-bond acceptors (Lipinski definition) is 8. The Morgan fingerprint density at radius 2 is 2.12 bits per heavy atom. The molecule has 9 heteroatoms. The highest BCUT2D eigenvalue weighted by molar-refractivity contribution is 7.98. The van der Waals surface area contributed by atoms with Crippen molar-refractivity contribution < 1.29 is 4.79 Å². The van der Waals surface area contributed by atoms with Crippen LogP contribution in [0, 0.1) is 11.3 Å². The minimum Gasteiger partial charge on any atom is -0.399 e. The molecule has 2 rings (SSSR count). The summed E-state index contributed by atoms with van der Waals surface area (Å²) in [6.45, 7) is 1.65. The van der Waals surface area contributed by atoms with Crippen LogP contribution in [0.3, 0.4) is 0 Å². The number of nitrogens with two attached hydrogens (primary N) is 2. The number of carbonyl (C=O) groups excluding carboxylic acids is 1. The van der Waals surface area contributed by atoms with Gasteiger partial charge in [-0.2, -0.15) is 10.2 Å². The van der Waals surface area contributed by atoms with Crippen LogP contribution in [0.25, 0.3) is 0 Å². The number of carbonyl (C=O) groups is 1. The second kappa shape index (κ2) is 7.52. The van der Waals surface area contributed by atoms with Gasteiger partial charge in [-0.1, -0.05) is 6.07 Å². The molecule has 0 aliphatic rings. The summed E-state index contributed by atoms with van der Waals surface area (Å²) in [5.41, 5.74) is 12.7. The average molecular weight is 343 g/mol. The maximum atomic E-state index is 12.3. The Hall–Kier alpha value is -2.99. The van der Waals surface area contributed by atoms with E-state index in [9.17, 15) is 10.1 Å². The lowest BCUT2D eigenvalue weighted by molar-refractivity contribution is -0.116. The van der Waals surface area contributed by atoms with Crippen molar-refractivity contribution in [2.75, 3.05) is 28.4 Å². The van der Waals surface area contributed by atoms with Crippen LogP contribution < -0.4 is 22.1 Å². The number of nitrogens with zero attached hydrogens (tertiary/aromatic N) is 3. The number of aromatic nitrogens is 2. The number of amides is 1. The number of nitrogen functional groups attached to an aromatic ring is 2. The summed E-state index contributed by atoms with van der Waals surface area (Å²) >= 11 is 1.28. The number of hydrogen-bond donors (Lipinski definition) is 4. The number of anilines is 4. The second-order valence-electron chi connectivity index (χ2n) is 4.91. The van der Waals surface area contributed by atoms with Crippen molar-refractivity contribution in [1.82, 2.24) is 9.97 Å². The van der Waals surface area contributed by atoms with Crippen molar-refractivity contribution >= 4 is 40.8 Å². The fraction of sp³-hybridized carbons (Fsp3) is 0.200. The van der Waals surface area contributed by atoms with E-state index < -0.39 is 6.04 Å². The first kappa shape index (κ1) is 17.4. The quantitative estimate of drug-likeness (QED) is 0.365. The highest BCUT2D eigenvalue weighted by Crippen LogP contribution is 2.24. The summed E-state index contributed by atoms with van der Waals surface area (Å²) in [4.78, 5) is 20.3. The van der Waals surface area contributed by atoms with Gasteiger partial charge in [0.2, 0.25) is 11.9 Å². The molecule has 1 aromatic carbocycles. The Bertz CT molecular complexity index is 803. The van der Waals surface area contributed by atoms with E-state index in [4.69, 9.17) is 11.5 Å². The molecule has 0 fully saturated rings. The number of nitriles is 1. The van der Waals surface area contributed by atoms with E-state index in [1.165, 1.54) is 11.8 Å². The van der Waals surface area contributed by atoms with Gasteiger partial charge in [0.1, 0.15) is 22.7 Å². The fourth-order valence-electron chi connectivity index (χ4n) is 1.95. The van der Waals surface area contributed by atoms with Crippen LogP contribution in [0.4, 0.5) is 23.1 Å². The number of benzene rings is 1. The van der Waals surface area contributed by atoms with Gasteiger partial charge in [-0.3, -0.25) is 4.79 Å². The Morgan fingerprint density at radius 3 is 2.75 bits per heavy atom. The van der Waals surface area contributed by atoms with Gasteiger partial charge in [0.05, 0.1) is 0 Å². The van der Waals surface area contributed by atoms with Gasteiger partial charge < -0.3 is 22.1 Å². The minimum absolute atomic E-state index is 0.0318. The minimum atomic E-state index is -0.650. The molecule has 24 heavy (non-hydrogen) atoms. The number of nitrogens with one attached hydrogen (secondary N) is 2. The van der Waals surface area contributed by atoms with E-state index in [2.05, 4.69) is 20.6 Å². The molecule has 0 saturated carbocycles. The van der Waals surface area contributed by atoms with Crippen molar-refractivity contribution in [2.45, 2.75) is 18.0 Å². The lowest BCUT2D eigenvalue weighted by atomic mass is 10.2. The Morgan fingerprint density at radius 1 is 1.38 bits per heavy atom. The molecule has 1 heterocycles. The second-order valence-corrected chi connectivity index (χ2v) is 5.70. The van der Waals surface area contributed by atoms with Gasteiger partial charge in [-0.15, -0.1) is 11.8 Å². The molecule has 0 saturated heterocycles. The average Bonchev–Trinajstić information content (AvgIpc) is 2.54. The van der Waals surface area contributed by atoms with Crippen LogP contribution in [-0.2, 0) is 4.79 Å². The molecular weight excluding hydrogens is 326 g/mol. The SMILES string of the molecule is CSc1nc(N)nc(N[C@@H](C)C(=O)Nc2cccc(N)c2)c1C#N. The van der Waals surface area contributed by atoms with Gasteiger partial charge >= 0.3 is 0 Å². The largest absolute Gasteiger partial charge is 0.399 e. The predicted molar refractivity (Wildman–Crippen MR) is 95.5 cm³/mol. The Labute approximate surface area is 143 Å². The zero-order chi connectivity index (χ0) is 17.7. The van der Waals surface area contributed by atoms with Crippen LogP contribution in [0.1, 0.15) is 12.5 Å². The standard InChI is InChI=1S/C15H17N7OS/c1-8(13(23)20-10-5-3-4-9(17)6-10)19-12-11(7-16)14(24-2)22-15(18)21-12/h3-6,8H,17H2,1-2H3,(H,20,23)(H3,18,19,21,22)/t8-/m0/s1. The van der Waals surface area contributed by atoms with Gasteiger partial charge in [0, 0.05) is 11.4 Å². The molecule has 0 aliphatic heterocycles. The van der Waals surface area contributed by atoms with Crippen LogP contribution in [0.2, 0.25) is 0 Å². The highest BCUT2D eigenvalue weighted by atomic mass is 32.2. The summed E-state index contributed by atoms with van der Waals surface area (Å²) in [5, 5.41) is 15.4. The van der Waals surface area contributed by atoms with Gasteiger partial charge in [0.15, 0.2) is 5.82 Å². The van der Waals surface area contributed by atoms with E-state index >= 15 is 0 Å². The lowest BCUT2D eigenvalue weighted by Gasteiger charge is -2.16. The van der Waals surface area contributed by atoms with Crippen LogP contribution in [0.5, 0.6) is 0 Å². The fourth-order valence-corrected chi connectivity index (χ4v) is 2.48. The van der Waals surface area contributed by atoms with Gasteiger partial charge in [-0.05, 0) is 31.4 Å². The predicted octanol–water partition coefficient (Wildman–Crippen LogP) is 1.67. The van der Waals surface area contributed by atoms with E-state index in [1.54, 1.807) is 37.4 Å². The first-order chi connectivity index (χ1) is 11.4. The molecule has 0 aliphatic carbocycles. The monoisotopic (exact) mass is 343 g/mol. The molecule has 124 valence electrons. The summed E-state index contributed by atoms with van der Waals surface area (Å²) < 4.78 is 0. The van der Waals surface area contributed by atoms with Crippen molar-refractivity contribution in [2.24, 2.45) is 0 Å². The van der Waals surface area contributed by atoms with E-state index in [0.717, 1.165) is 0 Å². The molecule has 1 amide bonds. The molecule has 2 aromatic rings. The molecular formula is C15H17N7OS. The van der Waals surface area contributed by atoms with Gasteiger partial charge in [-0.25, -0.2) is 4.98 Å². The number of rotatable bonds is 5. The van der Waals surface area contributed by atoms with Crippen molar-refractivity contribution in [1.29, 1.82) is 5.26 Å². The topological polar surface area (TPSA) is 143 Å². The third-order valence-corrected chi connectivity index (χ3v) is 3.78.